The van der Waals surface area contributed by atoms with E-state index in [9.17, 15) is 14.7 Å². The van der Waals surface area contributed by atoms with Crippen molar-refractivity contribution < 1.29 is 14.3 Å². The highest BCUT2D eigenvalue weighted by molar-refractivity contribution is 6.02. The fraction of sp³-hybridized carbons (Fsp3) is 0.304. The molecule has 0 atom stereocenters. The lowest BCUT2D eigenvalue weighted by molar-refractivity contribution is 0.0954. The van der Waals surface area contributed by atoms with Crippen LogP contribution in [0.15, 0.2) is 57.0 Å². The van der Waals surface area contributed by atoms with Crippen LogP contribution >= 0.6 is 0 Å². The maximum Gasteiger partial charge on any atom is 0.345 e. The van der Waals surface area contributed by atoms with Crippen LogP contribution in [-0.2, 0) is 6.42 Å². The maximum absolute atomic E-state index is 12.4. The van der Waals surface area contributed by atoms with Gasteiger partial charge in [0.25, 0.3) is 5.91 Å². The van der Waals surface area contributed by atoms with Crippen LogP contribution in [0.5, 0.6) is 5.75 Å². The Hall–Kier alpha value is -3.48. The summed E-state index contributed by atoms with van der Waals surface area (Å²) in [6.45, 7) is 3.77. The van der Waals surface area contributed by atoms with E-state index in [1.807, 2.05) is 6.07 Å². The Morgan fingerprint density at radius 3 is 2.80 bits per heavy atom. The summed E-state index contributed by atoms with van der Waals surface area (Å²) in [7, 11) is 0. The molecule has 1 amide bonds. The van der Waals surface area contributed by atoms with E-state index < -0.39 is 11.5 Å². The van der Waals surface area contributed by atoms with Gasteiger partial charge in [0.05, 0.1) is 16.8 Å². The number of phenols is 1. The highest BCUT2D eigenvalue weighted by atomic mass is 16.4. The number of phenolic OH excluding ortho intramolecular Hbond substituents is 1. The zero-order chi connectivity index (χ0) is 21.5. The fourth-order valence-electron chi connectivity index (χ4n) is 3.15. The van der Waals surface area contributed by atoms with Crippen LogP contribution in [0.3, 0.4) is 0 Å². The number of rotatable bonds is 8. The molecule has 0 aliphatic heterocycles. The SMILES string of the molecule is CCCCCCc1cc2cc(C(C)=NNC(=O)c3cccnc3)c(=O)oc2cc1O. The smallest absolute Gasteiger partial charge is 0.345 e. The molecule has 30 heavy (non-hydrogen) atoms. The van der Waals surface area contributed by atoms with E-state index >= 15 is 0 Å². The van der Waals surface area contributed by atoms with E-state index in [4.69, 9.17) is 4.42 Å². The third kappa shape index (κ3) is 5.11. The summed E-state index contributed by atoms with van der Waals surface area (Å²) in [6, 6.07) is 8.26. The summed E-state index contributed by atoms with van der Waals surface area (Å²) in [5.74, 6) is -0.295. The van der Waals surface area contributed by atoms with Crippen molar-refractivity contribution in [3.63, 3.8) is 0 Å². The van der Waals surface area contributed by atoms with E-state index in [2.05, 4.69) is 22.4 Å². The van der Waals surface area contributed by atoms with Gasteiger partial charge in [0.2, 0.25) is 0 Å². The molecule has 0 unspecified atom stereocenters. The zero-order valence-corrected chi connectivity index (χ0v) is 17.1. The van der Waals surface area contributed by atoms with Gasteiger partial charge in [-0.25, -0.2) is 10.2 Å². The number of pyridine rings is 1. The minimum atomic E-state index is -0.588. The first-order chi connectivity index (χ1) is 14.5. The third-order valence-electron chi connectivity index (χ3n) is 4.87. The topological polar surface area (TPSA) is 105 Å². The Bertz CT molecular complexity index is 1120. The molecule has 7 nitrogen and oxygen atoms in total. The minimum absolute atomic E-state index is 0.129. The number of carbonyl (C=O) groups is 1. The Labute approximate surface area is 174 Å². The second-order valence-electron chi connectivity index (χ2n) is 7.16. The average Bonchev–Trinajstić information content (AvgIpc) is 2.75. The van der Waals surface area contributed by atoms with Gasteiger partial charge < -0.3 is 9.52 Å². The van der Waals surface area contributed by atoms with Crippen molar-refractivity contribution in [2.24, 2.45) is 5.10 Å². The van der Waals surface area contributed by atoms with Crippen molar-refractivity contribution in [2.45, 2.75) is 46.0 Å². The first-order valence-electron chi connectivity index (χ1n) is 10.0. The predicted octanol–water partition coefficient (Wildman–Crippen LogP) is 4.17. The van der Waals surface area contributed by atoms with Gasteiger partial charge in [-0.2, -0.15) is 5.10 Å². The molecule has 0 aliphatic carbocycles. The molecular formula is C23H25N3O4. The van der Waals surface area contributed by atoms with Gasteiger partial charge in [0, 0.05) is 23.8 Å². The van der Waals surface area contributed by atoms with Crippen molar-refractivity contribution in [3.05, 3.63) is 69.8 Å². The molecule has 0 bridgehead atoms. The third-order valence-corrected chi connectivity index (χ3v) is 4.87. The molecule has 2 heterocycles. The molecule has 0 spiro atoms. The van der Waals surface area contributed by atoms with Crippen LogP contribution in [-0.4, -0.2) is 21.7 Å². The molecule has 2 aromatic heterocycles. The van der Waals surface area contributed by atoms with Crippen LogP contribution in [0.25, 0.3) is 11.0 Å². The predicted molar refractivity (Wildman–Crippen MR) is 116 cm³/mol. The number of unbranched alkanes of at least 4 members (excludes halogenated alkanes) is 3. The molecule has 0 saturated heterocycles. The Morgan fingerprint density at radius 1 is 1.23 bits per heavy atom. The number of hydrogen-bond donors (Lipinski definition) is 2. The Kier molecular flexibility index (Phi) is 6.95. The average molecular weight is 407 g/mol. The standard InChI is InChI=1S/C23H25N3O4/c1-3-4-5-6-8-16-11-18-12-19(23(29)30-21(18)13-20(16)27)15(2)25-26-22(28)17-9-7-10-24-14-17/h7,9-14,27H,3-6,8H2,1-2H3,(H,26,28). The second kappa shape index (κ2) is 9.82. The molecule has 1 aromatic carbocycles. The molecule has 0 fully saturated rings. The maximum atomic E-state index is 12.4. The summed E-state index contributed by atoms with van der Waals surface area (Å²) in [5, 5.41) is 15.0. The van der Waals surface area contributed by atoms with Gasteiger partial charge in [-0.05, 0) is 49.6 Å². The molecule has 7 heteroatoms. The highest BCUT2D eigenvalue weighted by Crippen LogP contribution is 2.26. The number of hydrogen-bond acceptors (Lipinski definition) is 6. The Balaban J connectivity index is 1.84. The normalized spacial score (nSPS) is 11.6. The number of aromatic nitrogens is 1. The quantitative estimate of drug-likeness (QED) is 0.252. The lowest BCUT2D eigenvalue weighted by Crippen LogP contribution is -2.21. The lowest BCUT2D eigenvalue weighted by atomic mass is 10.0. The molecule has 2 N–H and O–H groups in total. The van der Waals surface area contributed by atoms with Gasteiger partial charge in [-0.3, -0.25) is 9.78 Å². The highest BCUT2D eigenvalue weighted by Gasteiger charge is 2.12. The summed E-state index contributed by atoms with van der Waals surface area (Å²) in [5.41, 5.74) is 3.89. The second-order valence-corrected chi connectivity index (χ2v) is 7.16. The van der Waals surface area contributed by atoms with Gasteiger partial charge in [0.1, 0.15) is 11.3 Å². The van der Waals surface area contributed by atoms with Crippen molar-refractivity contribution in [1.29, 1.82) is 0 Å². The largest absolute Gasteiger partial charge is 0.508 e. The van der Waals surface area contributed by atoms with Crippen molar-refractivity contribution in [2.75, 3.05) is 0 Å². The number of nitrogens with one attached hydrogen (secondary N) is 1. The number of nitrogens with zero attached hydrogens (tertiary/aromatic N) is 2. The van der Waals surface area contributed by atoms with E-state index in [-0.39, 0.29) is 11.3 Å². The van der Waals surface area contributed by atoms with Gasteiger partial charge in [-0.15, -0.1) is 0 Å². The number of carbonyl (C=O) groups excluding carboxylic acids is 1. The molecule has 3 aromatic rings. The number of hydrazone groups is 1. The number of aryl methyl sites for hydroxylation is 1. The number of benzene rings is 1. The Morgan fingerprint density at radius 2 is 2.07 bits per heavy atom. The molecule has 0 radical (unpaired) electrons. The van der Waals surface area contributed by atoms with Crippen molar-refractivity contribution >= 4 is 22.6 Å². The van der Waals surface area contributed by atoms with Crippen LogP contribution in [0.4, 0.5) is 0 Å². The monoisotopic (exact) mass is 407 g/mol. The molecule has 0 aliphatic rings. The molecule has 0 saturated carbocycles. The van der Waals surface area contributed by atoms with Crippen LogP contribution in [0, 0.1) is 0 Å². The molecule has 156 valence electrons. The number of amides is 1. The number of fused-ring (bicyclic) bond motifs is 1. The fourth-order valence-corrected chi connectivity index (χ4v) is 3.15. The lowest BCUT2D eigenvalue weighted by Gasteiger charge is -2.08. The molecule has 3 rings (SSSR count). The van der Waals surface area contributed by atoms with Gasteiger partial charge in [0.15, 0.2) is 0 Å². The first kappa shape index (κ1) is 21.2. The minimum Gasteiger partial charge on any atom is -0.508 e. The molecular weight excluding hydrogens is 382 g/mol. The van der Waals surface area contributed by atoms with Crippen LogP contribution in [0.1, 0.15) is 61.0 Å². The summed E-state index contributed by atoms with van der Waals surface area (Å²) < 4.78 is 5.37. The summed E-state index contributed by atoms with van der Waals surface area (Å²) in [6.07, 6.45) is 8.15. The van der Waals surface area contributed by atoms with Crippen molar-refractivity contribution in [3.8, 4) is 5.75 Å². The van der Waals surface area contributed by atoms with Gasteiger partial charge in [-0.1, -0.05) is 26.2 Å². The van der Waals surface area contributed by atoms with Gasteiger partial charge >= 0.3 is 5.63 Å². The van der Waals surface area contributed by atoms with Crippen molar-refractivity contribution in [1.82, 2.24) is 10.4 Å². The first-order valence-corrected chi connectivity index (χ1v) is 10.0. The summed E-state index contributed by atoms with van der Waals surface area (Å²) in [4.78, 5) is 28.4. The van der Waals surface area contributed by atoms with E-state index in [0.29, 0.717) is 22.2 Å². The van der Waals surface area contributed by atoms with Crippen LogP contribution < -0.4 is 11.1 Å². The van der Waals surface area contributed by atoms with Crippen LogP contribution in [0.2, 0.25) is 0 Å². The summed E-state index contributed by atoms with van der Waals surface area (Å²) >= 11 is 0. The number of aromatic hydroxyl groups is 1. The van der Waals surface area contributed by atoms with E-state index in [1.165, 1.54) is 12.3 Å². The van der Waals surface area contributed by atoms with E-state index in [1.54, 1.807) is 31.3 Å². The zero-order valence-electron chi connectivity index (χ0n) is 17.1. The van der Waals surface area contributed by atoms with E-state index in [0.717, 1.165) is 37.7 Å².